The number of carbonyl (C=O) groups excluding carboxylic acids is 2. The van der Waals surface area contributed by atoms with Crippen molar-refractivity contribution in [2.45, 2.75) is 58.2 Å². The summed E-state index contributed by atoms with van der Waals surface area (Å²) in [6.07, 6.45) is 15.9. The van der Waals surface area contributed by atoms with E-state index >= 15 is 0 Å². The SMILES string of the molecule is C#C/C(=C\C(=O)N(C)CC(=O)O)C1=CC2CCC3(CCN(C(=O)OCC(C)(C)C)CC3)OC2C=C1. The van der Waals surface area contributed by atoms with Crippen molar-refractivity contribution in [3.05, 3.63) is 35.5 Å². The minimum Gasteiger partial charge on any atom is -0.480 e. The molecule has 0 radical (unpaired) electrons. The van der Waals surface area contributed by atoms with Crippen molar-refractivity contribution < 1.29 is 29.0 Å². The summed E-state index contributed by atoms with van der Waals surface area (Å²) in [6.45, 7) is 7.33. The molecule has 1 N–H and O–H groups in total. The van der Waals surface area contributed by atoms with Gasteiger partial charge in [0.1, 0.15) is 6.54 Å². The van der Waals surface area contributed by atoms with E-state index in [9.17, 15) is 14.4 Å². The van der Waals surface area contributed by atoms with Crippen LogP contribution in [0.4, 0.5) is 4.79 Å². The van der Waals surface area contributed by atoms with Crippen molar-refractivity contribution in [2.75, 3.05) is 33.3 Å². The first-order valence-electron chi connectivity index (χ1n) is 12.1. The molecule has 0 aromatic carbocycles. The van der Waals surface area contributed by atoms with Crippen molar-refractivity contribution in [1.29, 1.82) is 0 Å². The van der Waals surface area contributed by atoms with Crippen LogP contribution in [0.1, 0.15) is 46.5 Å². The van der Waals surface area contributed by atoms with E-state index in [1.807, 2.05) is 39.0 Å². The van der Waals surface area contributed by atoms with Gasteiger partial charge in [0.2, 0.25) is 5.91 Å². The van der Waals surface area contributed by atoms with E-state index in [1.165, 1.54) is 13.1 Å². The topological polar surface area (TPSA) is 96.4 Å². The number of carbonyl (C=O) groups is 3. The van der Waals surface area contributed by atoms with E-state index in [0.717, 1.165) is 36.2 Å². The van der Waals surface area contributed by atoms with Crippen LogP contribution in [0.5, 0.6) is 0 Å². The number of amides is 2. The molecule has 2 amide bonds. The van der Waals surface area contributed by atoms with E-state index in [2.05, 4.69) is 5.92 Å². The second-order valence-corrected chi connectivity index (χ2v) is 10.8. The predicted molar refractivity (Wildman–Crippen MR) is 131 cm³/mol. The Morgan fingerprint density at radius 1 is 1.31 bits per heavy atom. The monoisotopic (exact) mass is 484 g/mol. The molecule has 2 unspecified atom stereocenters. The first kappa shape index (κ1) is 26.6. The van der Waals surface area contributed by atoms with Gasteiger partial charge in [0.05, 0.1) is 18.3 Å². The largest absolute Gasteiger partial charge is 0.480 e. The first-order valence-corrected chi connectivity index (χ1v) is 12.1. The van der Waals surface area contributed by atoms with Crippen molar-refractivity contribution >= 4 is 18.0 Å². The summed E-state index contributed by atoms with van der Waals surface area (Å²) in [6, 6.07) is 0. The number of rotatable bonds is 5. The zero-order valence-electron chi connectivity index (χ0n) is 21.1. The molecule has 2 atom stereocenters. The fraction of sp³-hybridized carbons (Fsp3) is 0.593. The molecule has 1 spiro atoms. The number of nitrogens with zero attached hydrogens (tertiary/aromatic N) is 2. The maximum atomic E-state index is 12.4. The normalized spacial score (nSPS) is 23.7. The molecule has 1 aliphatic carbocycles. The van der Waals surface area contributed by atoms with E-state index in [1.54, 1.807) is 4.90 Å². The zero-order valence-corrected chi connectivity index (χ0v) is 21.1. The molecule has 8 heteroatoms. The molecule has 2 saturated heterocycles. The average Bonchev–Trinajstić information content (AvgIpc) is 2.80. The molecule has 3 aliphatic rings. The molecule has 2 aliphatic heterocycles. The van der Waals surface area contributed by atoms with Crippen LogP contribution in [0.25, 0.3) is 0 Å². The summed E-state index contributed by atoms with van der Waals surface area (Å²) in [4.78, 5) is 38.5. The van der Waals surface area contributed by atoms with Gasteiger partial charge < -0.3 is 24.4 Å². The third kappa shape index (κ3) is 6.98. The van der Waals surface area contributed by atoms with Crippen LogP contribution in [-0.4, -0.2) is 77.9 Å². The van der Waals surface area contributed by atoms with Crippen LogP contribution in [0.2, 0.25) is 0 Å². The number of hydrogen-bond donors (Lipinski definition) is 1. The third-order valence-electron chi connectivity index (χ3n) is 6.64. The maximum Gasteiger partial charge on any atom is 0.409 e. The molecule has 0 bridgehead atoms. The summed E-state index contributed by atoms with van der Waals surface area (Å²) in [5.41, 5.74) is 0.869. The number of aliphatic carboxylic acids is 1. The second-order valence-electron chi connectivity index (χ2n) is 10.8. The van der Waals surface area contributed by atoms with Crippen molar-refractivity contribution in [1.82, 2.24) is 9.80 Å². The Balaban J connectivity index is 1.58. The van der Waals surface area contributed by atoms with Crippen LogP contribution in [0, 0.1) is 23.7 Å². The van der Waals surface area contributed by atoms with E-state index in [4.69, 9.17) is 21.0 Å². The van der Waals surface area contributed by atoms with Crippen molar-refractivity contribution in [2.24, 2.45) is 11.3 Å². The molecule has 0 saturated carbocycles. The Kier molecular flexibility index (Phi) is 8.11. The molecule has 190 valence electrons. The number of piperidine rings is 1. The minimum absolute atomic E-state index is 0.0655. The number of likely N-dealkylation sites (N-methyl/N-ethyl adjacent to an activating group) is 1. The number of ether oxygens (including phenoxy) is 2. The Hall–Kier alpha value is -3.05. The predicted octanol–water partition coefficient (Wildman–Crippen LogP) is 3.40. The number of terminal acetylenes is 1. The summed E-state index contributed by atoms with van der Waals surface area (Å²) in [7, 11) is 1.42. The lowest BCUT2D eigenvalue weighted by atomic mass is 9.77. The lowest BCUT2D eigenvalue weighted by molar-refractivity contribution is -0.149. The lowest BCUT2D eigenvalue weighted by Gasteiger charge is -2.48. The minimum atomic E-state index is -1.09. The number of carboxylic acid groups (broad SMARTS) is 1. The average molecular weight is 485 g/mol. The highest BCUT2D eigenvalue weighted by atomic mass is 16.6. The van der Waals surface area contributed by atoms with Crippen LogP contribution in [0.15, 0.2) is 35.5 Å². The number of hydrogen-bond acceptors (Lipinski definition) is 5. The highest BCUT2D eigenvalue weighted by Gasteiger charge is 2.44. The quantitative estimate of drug-likeness (QED) is 0.475. The van der Waals surface area contributed by atoms with E-state index in [-0.39, 0.29) is 29.1 Å². The van der Waals surface area contributed by atoms with Gasteiger partial charge in [-0.1, -0.05) is 44.9 Å². The van der Waals surface area contributed by atoms with E-state index in [0.29, 0.717) is 25.3 Å². The molecule has 8 nitrogen and oxygen atoms in total. The molecular formula is C27H36N2O6. The highest BCUT2D eigenvalue weighted by molar-refractivity contribution is 5.92. The van der Waals surface area contributed by atoms with Crippen LogP contribution < -0.4 is 0 Å². The highest BCUT2D eigenvalue weighted by Crippen LogP contribution is 2.42. The fourth-order valence-corrected chi connectivity index (χ4v) is 4.61. The molecular weight excluding hydrogens is 448 g/mol. The summed E-state index contributed by atoms with van der Waals surface area (Å²) >= 11 is 0. The van der Waals surface area contributed by atoms with Gasteiger partial charge in [0, 0.05) is 37.7 Å². The van der Waals surface area contributed by atoms with Gasteiger partial charge >= 0.3 is 12.1 Å². The van der Waals surface area contributed by atoms with Crippen molar-refractivity contribution in [3.8, 4) is 12.3 Å². The standard InChI is InChI=1S/C27H36N2O6/c1-6-19(16-23(30)28(5)17-24(31)32)20-7-8-22-21(15-20)9-10-27(35-22)11-13-29(14-12-27)25(33)34-18-26(2,3)4/h1,7-8,15-16,21-22H,9-14,17-18H2,2-5H3,(H,31,32)/b19-16+. The Morgan fingerprint density at radius 2 is 2.00 bits per heavy atom. The summed E-state index contributed by atoms with van der Waals surface area (Å²) in [5, 5.41) is 8.89. The fourth-order valence-electron chi connectivity index (χ4n) is 4.61. The van der Waals surface area contributed by atoms with E-state index < -0.39 is 18.4 Å². The van der Waals surface area contributed by atoms with Gasteiger partial charge in [-0.05, 0) is 36.7 Å². The molecule has 35 heavy (non-hydrogen) atoms. The summed E-state index contributed by atoms with van der Waals surface area (Å²) < 4.78 is 12.0. The molecule has 3 rings (SSSR count). The van der Waals surface area contributed by atoms with Gasteiger partial charge in [-0.25, -0.2) is 4.79 Å². The van der Waals surface area contributed by atoms with Crippen LogP contribution >= 0.6 is 0 Å². The van der Waals surface area contributed by atoms with Gasteiger partial charge in [-0.2, -0.15) is 0 Å². The number of likely N-dealkylation sites (tertiary alicyclic amines) is 1. The first-order chi connectivity index (χ1) is 16.4. The van der Waals surface area contributed by atoms with Gasteiger partial charge in [-0.3, -0.25) is 9.59 Å². The Bertz CT molecular complexity index is 973. The smallest absolute Gasteiger partial charge is 0.409 e. The number of fused-ring (bicyclic) bond motifs is 1. The van der Waals surface area contributed by atoms with Gasteiger partial charge in [0.25, 0.3) is 0 Å². The van der Waals surface area contributed by atoms with Crippen molar-refractivity contribution in [3.63, 3.8) is 0 Å². The Morgan fingerprint density at radius 3 is 2.60 bits per heavy atom. The van der Waals surface area contributed by atoms with Crippen LogP contribution in [0.3, 0.4) is 0 Å². The van der Waals surface area contributed by atoms with Crippen LogP contribution in [-0.2, 0) is 19.1 Å². The maximum absolute atomic E-state index is 12.4. The number of carboxylic acids is 1. The molecule has 2 fully saturated rings. The third-order valence-corrected chi connectivity index (χ3v) is 6.64. The number of allylic oxidation sites excluding steroid dienone is 3. The second kappa shape index (κ2) is 10.7. The van der Waals surface area contributed by atoms with Gasteiger partial charge in [0.15, 0.2) is 0 Å². The lowest BCUT2D eigenvalue weighted by Crippen LogP contribution is -2.52. The van der Waals surface area contributed by atoms with Gasteiger partial charge in [-0.15, -0.1) is 6.42 Å². The molecule has 0 aromatic rings. The Labute approximate surface area is 207 Å². The molecule has 2 heterocycles. The summed E-state index contributed by atoms with van der Waals surface area (Å²) in [5.74, 6) is 1.15. The molecule has 0 aromatic heterocycles. The zero-order chi connectivity index (χ0) is 25.8.